The van der Waals surface area contributed by atoms with Crippen LogP contribution in [-0.2, 0) is 0 Å². The fourth-order valence-corrected chi connectivity index (χ4v) is 2.12. The lowest BCUT2D eigenvalue weighted by Gasteiger charge is -2.36. The van der Waals surface area contributed by atoms with Gasteiger partial charge in [0.25, 0.3) is 0 Å². The zero-order valence-corrected chi connectivity index (χ0v) is 9.72. The summed E-state index contributed by atoms with van der Waals surface area (Å²) in [5, 5.41) is 8.82. The van der Waals surface area contributed by atoms with Crippen molar-refractivity contribution in [2.75, 3.05) is 11.4 Å². The Morgan fingerprint density at radius 2 is 2.25 bits per heavy atom. The van der Waals surface area contributed by atoms with E-state index in [0.717, 1.165) is 6.54 Å². The van der Waals surface area contributed by atoms with E-state index in [2.05, 4.69) is 34.8 Å². The summed E-state index contributed by atoms with van der Waals surface area (Å²) < 4.78 is 0. The first-order valence-corrected chi connectivity index (χ1v) is 5.70. The molecule has 1 aliphatic rings. The third-order valence-corrected chi connectivity index (χ3v) is 3.13. The van der Waals surface area contributed by atoms with E-state index in [1.807, 2.05) is 0 Å². The fourth-order valence-electron chi connectivity index (χ4n) is 2.12. The predicted molar refractivity (Wildman–Crippen MR) is 62.0 cm³/mol. The van der Waals surface area contributed by atoms with Crippen LogP contribution in [0.25, 0.3) is 0 Å². The second-order valence-corrected chi connectivity index (χ2v) is 4.54. The monoisotopic (exact) mass is 216 g/mol. The molecule has 1 aromatic heterocycles. The first-order chi connectivity index (χ1) is 7.70. The maximum absolute atomic E-state index is 8.82. The molecule has 84 valence electrons. The van der Waals surface area contributed by atoms with Gasteiger partial charge in [0, 0.05) is 18.8 Å². The molecular weight excluding hydrogens is 200 g/mol. The van der Waals surface area contributed by atoms with Crippen molar-refractivity contribution in [3.8, 4) is 6.07 Å². The minimum absolute atomic E-state index is 0.440. The molecule has 2 atom stereocenters. The Kier molecular flexibility index (Phi) is 3.04. The average Bonchev–Trinajstić information content (AvgIpc) is 2.32. The van der Waals surface area contributed by atoms with E-state index in [0.29, 0.717) is 23.6 Å². The summed E-state index contributed by atoms with van der Waals surface area (Å²) in [6.07, 6.45) is 4.09. The molecule has 16 heavy (non-hydrogen) atoms. The van der Waals surface area contributed by atoms with Gasteiger partial charge in [0.1, 0.15) is 11.8 Å². The number of aromatic nitrogens is 2. The quantitative estimate of drug-likeness (QED) is 0.720. The molecular formula is C12H16N4. The fraction of sp³-hybridized carbons (Fsp3) is 0.583. The first kappa shape index (κ1) is 10.9. The maximum atomic E-state index is 8.82. The van der Waals surface area contributed by atoms with Gasteiger partial charge in [0.2, 0.25) is 5.95 Å². The molecule has 0 saturated carbocycles. The largest absolute Gasteiger partial charge is 0.338 e. The van der Waals surface area contributed by atoms with Gasteiger partial charge in [-0.1, -0.05) is 6.92 Å². The van der Waals surface area contributed by atoms with Crippen molar-refractivity contribution in [3.63, 3.8) is 0 Å². The minimum Gasteiger partial charge on any atom is -0.338 e. The van der Waals surface area contributed by atoms with Crippen molar-refractivity contribution in [1.82, 2.24) is 9.97 Å². The highest BCUT2D eigenvalue weighted by Gasteiger charge is 2.24. The van der Waals surface area contributed by atoms with Crippen LogP contribution in [0.15, 0.2) is 12.3 Å². The lowest BCUT2D eigenvalue weighted by Crippen LogP contribution is -2.42. The van der Waals surface area contributed by atoms with Gasteiger partial charge in [-0.05, 0) is 31.7 Å². The second-order valence-electron chi connectivity index (χ2n) is 4.54. The van der Waals surface area contributed by atoms with E-state index in [4.69, 9.17) is 5.26 Å². The Hall–Kier alpha value is -1.63. The number of hydrogen-bond acceptors (Lipinski definition) is 4. The van der Waals surface area contributed by atoms with Crippen molar-refractivity contribution in [2.45, 2.75) is 32.7 Å². The molecule has 1 aromatic rings. The molecule has 1 aliphatic heterocycles. The third-order valence-electron chi connectivity index (χ3n) is 3.13. The summed E-state index contributed by atoms with van der Waals surface area (Å²) in [5.74, 6) is 1.36. The van der Waals surface area contributed by atoms with E-state index < -0.39 is 0 Å². The molecule has 2 rings (SSSR count). The highest BCUT2D eigenvalue weighted by molar-refractivity contribution is 5.35. The normalized spacial score (nSPS) is 25.2. The lowest BCUT2D eigenvalue weighted by atomic mass is 9.95. The van der Waals surface area contributed by atoms with Gasteiger partial charge in [-0.25, -0.2) is 9.97 Å². The molecule has 0 radical (unpaired) electrons. The number of nitrogens with zero attached hydrogens (tertiary/aromatic N) is 4. The van der Waals surface area contributed by atoms with Gasteiger partial charge in [-0.3, -0.25) is 0 Å². The van der Waals surface area contributed by atoms with Crippen LogP contribution in [0.4, 0.5) is 5.95 Å². The molecule has 1 saturated heterocycles. The summed E-state index contributed by atoms with van der Waals surface area (Å²) in [4.78, 5) is 10.7. The Balaban J connectivity index is 2.25. The zero-order chi connectivity index (χ0) is 11.5. The molecule has 2 unspecified atom stereocenters. The molecule has 0 N–H and O–H groups in total. The SMILES string of the molecule is CC1CCC(C)N(c2nccc(C#N)n2)C1. The molecule has 4 heteroatoms. The summed E-state index contributed by atoms with van der Waals surface area (Å²) in [7, 11) is 0. The average molecular weight is 216 g/mol. The van der Waals surface area contributed by atoms with E-state index in [9.17, 15) is 0 Å². The van der Waals surface area contributed by atoms with Gasteiger partial charge in [-0.15, -0.1) is 0 Å². The van der Waals surface area contributed by atoms with Crippen LogP contribution in [0.5, 0.6) is 0 Å². The van der Waals surface area contributed by atoms with Gasteiger partial charge in [0.15, 0.2) is 0 Å². The van der Waals surface area contributed by atoms with Crippen LogP contribution in [-0.4, -0.2) is 22.6 Å². The highest BCUT2D eigenvalue weighted by atomic mass is 15.3. The van der Waals surface area contributed by atoms with Crippen LogP contribution >= 0.6 is 0 Å². The van der Waals surface area contributed by atoms with Crippen molar-refractivity contribution in [3.05, 3.63) is 18.0 Å². The Bertz CT molecular complexity index is 410. The summed E-state index contributed by atoms with van der Waals surface area (Å²) in [6.45, 7) is 5.41. The standard InChI is InChI=1S/C12H16N4/c1-9-3-4-10(2)16(8-9)12-14-6-5-11(7-13)15-12/h5-6,9-10H,3-4,8H2,1-2H3. The number of nitriles is 1. The van der Waals surface area contributed by atoms with Crippen molar-refractivity contribution < 1.29 is 0 Å². The summed E-state index contributed by atoms with van der Waals surface area (Å²) in [5.41, 5.74) is 0.440. The molecule has 2 heterocycles. The number of piperidine rings is 1. The van der Waals surface area contributed by atoms with E-state index >= 15 is 0 Å². The van der Waals surface area contributed by atoms with E-state index in [1.54, 1.807) is 12.3 Å². The van der Waals surface area contributed by atoms with Crippen LogP contribution in [0.2, 0.25) is 0 Å². The third kappa shape index (κ3) is 2.13. The zero-order valence-electron chi connectivity index (χ0n) is 9.72. The molecule has 4 nitrogen and oxygen atoms in total. The summed E-state index contributed by atoms with van der Waals surface area (Å²) >= 11 is 0. The first-order valence-electron chi connectivity index (χ1n) is 5.70. The molecule has 0 aliphatic carbocycles. The van der Waals surface area contributed by atoms with Crippen LogP contribution in [0, 0.1) is 17.2 Å². The lowest BCUT2D eigenvalue weighted by molar-refractivity contribution is 0.385. The van der Waals surface area contributed by atoms with Gasteiger partial charge < -0.3 is 4.90 Å². The van der Waals surface area contributed by atoms with Crippen molar-refractivity contribution in [1.29, 1.82) is 5.26 Å². The summed E-state index contributed by atoms with van der Waals surface area (Å²) in [6, 6.07) is 4.16. The number of anilines is 1. The maximum Gasteiger partial charge on any atom is 0.226 e. The molecule has 0 amide bonds. The number of rotatable bonds is 1. The highest BCUT2D eigenvalue weighted by Crippen LogP contribution is 2.24. The molecule has 0 bridgehead atoms. The Morgan fingerprint density at radius 3 is 3.00 bits per heavy atom. The number of hydrogen-bond donors (Lipinski definition) is 0. The van der Waals surface area contributed by atoms with Gasteiger partial charge in [0.05, 0.1) is 0 Å². The Labute approximate surface area is 95.9 Å². The smallest absolute Gasteiger partial charge is 0.226 e. The molecule has 0 aromatic carbocycles. The topological polar surface area (TPSA) is 52.8 Å². The van der Waals surface area contributed by atoms with E-state index in [1.165, 1.54) is 12.8 Å². The van der Waals surface area contributed by atoms with Crippen molar-refractivity contribution in [2.24, 2.45) is 5.92 Å². The van der Waals surface area contributed by atoms with Gasteiger partial charge in [-0.2, -0.15) is 5.26 Å². The van der Waals surface area contributed by atoms with Crippen LogP contribution in [0.1, 0.15) is 32.4 Å². The van der Waals surface area contributed by atoms with Gasteiger partial charge >= 0.3 is 0 Å². The van der Waals surface area contributed by atoms with E-state index in [-0.39, 0.29) is 0 Å². The molecule has 1 fully saturated rings. The predicted octanol–water partition coefficient (Wildman–Crippen LogP) is 1.97. The van der Waals surface area contributed by atoms with Crippen molar-refractivity contribution >= 4 is 5.95 Å². The minimum atomic E-state index is 0.440. The van der Waals surface area contributed by atoms with Crippen LogP contribution < -0.4 is 4.90 Å². The van der Waals surface area contributed by atoms with Crippen LogP contribution in [0.3, 0.4) is 0 Å². The second kappa shape index (κ2) is 4.48. The Morgan fingerprint density at radius 1 is 1.44 bits per heavy atom. The molecule has 0 spiro atoms.